The molecule has 0 spiro atoms. The Labute approximate surface area is 199 Å². The van der Waals surface area contributed by atoms with E-state index in [1.165, 1.54) is 0 Å². The SMILES string of the molecule is C=CCCCCCCCCC(=O)O[C@@H](COC(=O)CCC)COP(=O)(O)OCC[N+](C)(C)C. The van der Waals surface area contributed by atoms with Gasteiger partial charge in [-0.3, -0.25) is 18.6 Å². The van der Waals surface area contributed by atoms with Crippen LogP contribution < -0.4 is 0 Å². The number of esters is 2. The van der Waals surface area contributed by atoms with E-state index in [0.29, 0.717) is 23.9 Å². The van der Waals surface area contributed by atoms with Crippen LogP contribution in [0.2, 0.25) is 0 Å². The number of hydrogen-bond donors (Lipinski definition) is 1. The minimum absolute atomic E-state index is 0.0286. The molecule has 0 aromatic heterocycles. The highest BCUT2D eigenvalue weighted by Crippen LogP contribution is 2.43. The zero-order chi connectivity index (χ0) is 25.2. The van der Waals surface area contributed by atoms with Gasteiger partial charge in [0.05, 0.1) is 27.7 Å². The average molecular weight is 495 g/mol. The van der Waals surface area contributed by atoms with Gasteiger partial charge >= 0.3 is 19.8 Å². The van der Waals surface area contributed by atoms with Crippen molar-refractivity contribution in [2.75, 3.05) is 47.5 Å². The molecule has 1 unspecified atom stereocenters. The number of carbonyl (C=O) groups is 2. The molecule has 2 atom stereocenters. The fourth-order valence-electron chi connectivity index (χ4n) is 2.73. The normalized spacial score (nSPS) is 14.3. The summed E-state index contributed by atoms with van der Waals surface area (Å²) in [5, 5.41) is 0. The van der Waals surface area contributed by atoms with E-state index >= 15 is 0 Å². The van der Waals surface area contributed by atoms with Crippen molar-refractivity contribution in [1.82, 2.24) is 0 Å². The van der Waals surface area contributed by atoms with Gasteiger partial charge in [-0.15, -0.1) is 6.58 Å². The van der Waals surface area contributed by atoms with Gasteiger partial charge in [-0.05, 0) is 25.7 Å². The van der Waals surface area contributed by atoms with Crippen LogP contribution in [-0.4, -0.2) is 74.9 Å². The number of phosphoric acid groups is 1. The molecule has 0 heterocycles. The van der Waals surface area contributed by atoms with E-state index < -0.39 is 32.5 Å². The van der Waals surface area contributed by atoms with Gasteiger partial charge in [0, 0.05) is 12.8 Å². The molecule has 0 aliphatic carbocycles. The van der Waals surface area contributed by atoms with E-state index in [9.17, 15) is 19.0 Å². The first-order chi connectivity index (χ1) is 15.5. The molecule has 9 nitrogen and oxygen atoms in total. The number of ether oxygens (including phenoxy) is 2. The summed E-state index contributed by atoms with van der Waals surface area (Å²) in [6.45, 7) is 5.43. The Morgan fingerprint density at radius 2 is 1.61 bits per heavy atom. The lowest BCUT2D eigenvalue weighted by molar-refractivity contribution is -0.870. The number of phosphoric ester groups is 1. The Morgan fingerprint density at radius 3 is 2.21 bits per heavy atom. The van der Waals surface area contributed by atoms with Gasteiger partial charge in [0.2, 0.25) is 0 Å². The molecule has 0 saturated carbocycles. The van der Waals surface area contributed by atoms with Crippen LogP contribution in [0.3, 0.4) is 0 Å². The van der Waals surface area contributed by atoms with E-state index in [0.717, 1.165) is 38.5 Å². The second kappa shape index (κ2) is 18.1. The smallest absolute Gasteiger partial charge is 0.462 e. The summed E-state index contributed by atoms with van der Waals surface area (Å²) in [5.41, 5.74) is 0. The standard InChI is InChI=1S/C23H44NO8P/c1-6-8-9-10-11-12-13-14-16-23(26)32-21(19-29-22(25)15-7-2)20-31-33(27,28)30-18-17-24(3,4)5/h6,21H,1,7-20H2,2-5H3/p+1/t21-/m0/s1. The highest BCUT2D eigenvalue weighted by Gasteiger charge is 2.26. The minimum atomic E-state index is -4.33. The number of likely N-dealkylation sites (N-methyl/N-ethyl adjacent to an activating group) is 1. The number of hydrogen-bond acceptors (Lipinski definition) is 7. The molecular weight excluding hydrogens is 449 g/mol. The van der Waals surface area contributed by atoms with Gasteiger partial charge in [0.1, 0.15) is 19.8 Å². The third-order valence-electron chi connectivity index (χ3n) is 4.66. The fraction of sp³-hybridized carbons (Fsp3) is 0.826. The summed E-state index contributed by atoms with van der Waals surface area (Å²) in [5.74, 6) is -0.887. The Bertz CT molecular complexity index is 606. The molecule has 0 fully saturated rings. The van der Waals surface area contributed by atoms with Crippen LogP contribution in [0.15, 0.2) is 12.7 Å². The lowest BCUT2D eigenvalue weighted by atomic mass is 10.1. The largest absolute Gasteiger partial charge is 0.472 e. The van der Waals surface area contributed by atoms with Gasteiger partial charge in [-0.2, -0.15) is 0 Å². The molecule has 194 valence electrons. The summed E-state index contributed by atoms with van der Waals surface area (Å²) in [7, 11) is 1.45. The Morgan fingerprint density at radius 1 is 0.970 bits per heavy atom. The van der Waals surface area contributed by atoms with E-state index in [1.54, 1.807) is 0 Å². The van der Waals surface area contributed by atoms with Gasteiger partial charge in [-0.25, -0.2) is 4.57 Å². The maximum atomic E-state index is 12.2. The first-order valence-corrected chi connectivity index (χ1v) is 13.4. The number of quaternary nitrogens is 1. The fourth-order valence-corrected chi connectivity index (χ4v) is 3.47. The predicted octanol–water partition coefficient (Wildman–Crippen LogP) is 4.39. The molecule has 0 bridgehead atoms. The number of unbranched alkanes of at least 4 members (excludes halogenated alkanes) is 6. The maximum Gasteiger partial charge on any atom is 0.472 e. The number of rotatable bonds is 21. The highest BCUT2D eigenvalue weighted by molar-refractivity contribution is 7.47. The van der Waals surface area contributed by atoms with Crippen LogP contribution in [0.4, 0.5) is 0 Å². The summed E-state index contributed by atoms with van der Waals surface area (Å²) in [4.78, 5) is 33.8. The van der Waals surface area contributed by atoms with Crippen molar-refractivity contribution < 1.29 is 42.1 Å². The predicted molar refractivity (Wildman–Crippen MR) is 128 cm³/mol. The van der Waals surface area contributed by atoms with Crippen molar-refractivity contribution >= 4 is 19.8 Å². The summed E-state index contributed by atoms with van der Waals surface area (Å²) < 4.78 is 33.1. The van der Waals surface area contributed by atoms with Crippen LogP contribution in [-0.2, 0) is 32.7 Å². The van der Waals surface area contributed by atoms with Crippen LogP contribution in [0.5, 0.6) is 0 Å². The molecule has 1 N–H and O–H groups in total. The number of nitrogens with zero attached hydrogens (tertiary/aromatic N) is 1. The van der Waals surface area contributed by atoms with Crippen LogP contribution in [0.1, 0.15) is 71.1 Å². The molecule has 33 heavy (non-hydrogen) atoms. The zero-order valence-corrected chi connectivity index (χ0v) is 21.9. The van der Waals surface area contributed by atoms with E-state index in [1.807, 2.05) is 34.1 Å². The van der Waals surface area contributed by atoms with Gasteiger partial charge in [-0.1, -0.05) is 38.7 Å². The van der Waals surface area contributed by atoms with Gasteiger partial charge in [0.25, 0.3) is 0 Å². The molecule has 0 saturated heterocycles. The molecule has 0 aromatic carbocycles. The lowest BCUT2D eigenvalue weighted by Gasteiger charge is -2.24. The third kappa shape index (κ3) is 21.0. The van der Waals surface area contributed by atoms with E-state index in [4.69, 9.17) is 18.5 Å². The topological polar surface area (TPSA) is 108 Å². The van der Waals surface area contributed by atoms with Crippen LogP contribution in [0.25, 0.3) is 0 Å². The summed E-state index contributed by atoms with van der Waals surface area (Å²) >= 11 is 0. The van der Waals surface area contributed by atoms with E-state index in [-0.39, 0.29) is 26.1 Å². The number of allylic oxidation sites excluding steroid dienone is 1. The van der Waals surface area contributed by atoms with Crippen molar-refractivity contribution in [1.29, 1.82) is 0 Å². The second-order valence-electron chi connectivity index (χ2n) is 9.11. The van der Waals surface area contributed by atoms with Crippen molar-refractivity contribution in [3.05, 3.63) is 12.7 Å². The molecular formula is C23H45NO8P+. The molecule has 10 heteroatoms. The minimum Gasteiger partial charge on any atom is -0.462 e. The second-order valence-corrected chi connectivity index (χ2v) is 10.6. The quantitative estimate of drug-likeness (QED) is 0.0823. The maximum absolute atomic E-state index is 12.2. The monoisotopic (exact) mass is 494 g/mol. The molecule has 0 rings (SSSR count). The first-order valence-electron chi connectivity index (χ1n) is 11.9. The first kappa shape index (κ1) is 31.8. The van der Waals surface area contributed by atoms with E-state index in [2.05, 4.69) is 6.58 Å². The molecule has 0 amide bonds. The summed E-state index contributed by atoms with van der Waals surface area (Å²) in [6.07, 6.45) is 9.11. The van der Waals surface area contributed by atoms with Crippen molar-refractivity contribution in [2.45, 2.75) is 77.2 Å². The summed E-state index contributed by atoms with van der Waals surface area (Å²) in [6, 6.07) is 0. The van der Waals surface area contributed by atoms with Crippen LogP contribution in [0, 0.1) is 0 Å². The zero-order valence-electron chi connectivity index (χ0n) is 21.0. The van der Waals surface area contributed by atoms with Crippen LogP contribution >= 0.6 is 7.82 Å². The Kier molecular flexibility index (Phi) is 17.4. The molecule has 0 radical (unpaired) electrons. The van der Waals surface area contributed by atoms with Gasteiger partial charge < -0.3 is 18.9 Å². The van der Waals surface area contributed by atoms with Crippen molar-refractivity contribution in [2.24, 2.45) is 0 Å². The highest BCUT2D eigenvalue weighted by atomic mass is 31.2. The molecule has 0 aliphatic rings. The van der Waals surface area contributed by atoms with Crippen molar-refractivity contribution in [3.8, 4) is 0 Å². The molecule has 0 aromatic rings. The Balaban J connectivity index is 4.48. The average Bonchev–Trinajstić information content (AvgIpc) is 2.71. The third-order valence-corrected chi connectivity index (χ3v) is 5.65. The Hall–Kier alpha value is -1.25. The number of carbonyl (C=O) groups excluding carboxylic acids is 2. The molecule has 0 aliphatic heterocycles. The lowest BCUT2D eigenvalue weighted by Crippen LogP contribution is -2.37. The van der Waals surface area contributed by atoms with Crippen molar-refractivity contribution in [3.63, 3.8) is 0 Å². The van der Waals surface area contributed by atoms with Gasteiger partial charge in [0.15, 0.2) is 6.10 Å².